The normalized spacial score (nSPS) is 24.0. The molecule has 2 nitrogen and oxygen atoms in total. The smallest absolute Gasteiger partial charge is 0.0107 e. The van der Waals surface area contributed by atoms with E-state index in [1.807, 2.05) is 0 Å². The SMILES string of the molecule is CCCCN(CCCC)CCNC1CCCCC1C. The van der Waals surface area contributed by atoms with Crippen molar-refractivity contribution in [3.05, 3.63) is 0 Å². The van der Waals surface area contributed by atoms with Crippen LogP contribution in [0.25, 0.3) is 0 Å². The fourth-order valence-electron chi connectivity index (χ4n) is 3.13. The summed E-state index contributed by atoms with van der Waals surface area (Å²) in [5, 5.41) is 3.81. The van der Waals surface area contributed by atoms with Gasteiger partial charge in [-0.2, -0.15) is 0 Å². The van der Waals surface area contributed by atoms with Gasteiger partial charge in [0.05, 0.1) is 0 Å². The van der Waals surface area contributed by atoms with Crippen molar-refractivity contribution in [1.29, 1.82) is 0 Å². The second-order valence-electron chi connectivity index (χ2n) is 6.37. The molecular formula is C17H36N2. The highest BCUT2D eigenvalue weighted by molar-refractivity contribution is 4.78. The van der Waals surface area contributed by atoms with Crippen LogP contribution in [-0.2, 0) is 0 Å². The first-order chi connectivity index (χ1) is 9.27. The van der Waals surface area contributed by atoms with Crippen LogP contribution in [0.15, 0.2) is 0 Å². The molecule has 1 N–H and O–H groups in total. The van der Waals surface area contributed by atoms with Gasteiger partial charge in [-0.3, -0.25) is 0 Å². The fraction of sp³-hybridized carbons (Fsp3) is 1.00. The monoisotopic (exact) mass is 268 g/mol. The summed E-state index contributed by atoms with van der Waals surface area (Å²) in [6, 6.07) is 0.785. The summed E-state index contributed by atoms with van der Waals surface area (Å²) >= 11 is 0. The average Bonchev–Trinajstić information content (AvgIpc) is 2.43. The molecule has 1 saturated carbocycles. The zero-order chi connectivity index (χ0) is 13.9. The molecule has 0 spiro atoms. The standard InChI is InChI=1S/C17H36N2/c1-4-6-13-19(14-7-5-2)15-12-18-17-11-9-8-10-16(17)3/h16-18H,4-15H2,1-3H3. The Hall–Kier alpha value is -0.0800. The molecule has 1 rings (SSSR count). The van der Waals surface area contributed by atoms with Gasteiger partial charge < -0.3 is 10.2 Å². The molecule has 0 radical (unpaired) electrons. The van der Waals surface area contributed by atoms with E-state index in [2.05, 4.69) is 31.0 Å². The fourth-order valence-corrected chi connectivity index (χ4v) is 3.13. The average molecular weight is 268 g/mol. The highest BCUT2D eigenvalue weighted by atomic mass is 15.1. The largest absolute Gasteiger partial charge is 0.312 e. The molecule has 1 fully saturated rings. The summed E-state index contributed by atoms with van der Waals surface area (Å²) in [7, 11) is 0. The van der Waals surface area contributed by atoms with Gasteiger partial charge in [0, 0.05) is 19.1 Å². The minimum atomic E-state index is 0.785. The lowest BCUT2D eigenvalue weighted by molar-refractivity contribution is 0.236. The van der Waals surface area contributed by atoms with E-state index in [9.17, 15) is 0 Å². The van der Waals surface area contributed by atoms with Crippen LogP contribution < -0.4 is 5.32 Å². The van der Waals surface area contributed by atoms with Crippen LogP contribution in [-0.4, -0.2) is 37.1 Å². The Bertz CT molecular complexity index is 197. The Morgan fingerprint density at radius 2 is 1.58 bits per heavy atom. The lowest BCUT2D eigenvalue weighted by Gasteiger charge is -2.31. The number of rotatable bonds is 10. The van der Waals surface area contributed by atoms with Crippen LogP contribution in [0.3, 0.4) is 0 Å². The summed E-state index contributed by atoms with van der Waals surface area (Å²) < 4.78 is 0. The van der Waals surface area contributed by atoms with Crippen LogP contribution in [0.5, 0.6) is 0 Å². The first-order valence-electron chi connectivity index (χ1n) is 8.73. The lowest BCUT2D eigenvalue weighted by atomic mass is 9.86. The predicted octanol–water partition coefficient (Wildman–Crippen LogP) is 4.06. The first kappa shape index (κ1) is 17.0. The lowest BCUT2D eigenvalue weighted by Crippen LogP contribution is -2.42. The molecule has 2 unspecified atom stereocenters. The van der Waals surface area contributed by atoms with Gasteiger partial charge in [-0.25, -0.2) is 0 Å². The maximum atomic E-state index is 3.81. The van der Waals surface area contributed by atoms with Crippen molar-refractivity contribution in [1.82, 2.24) is 10.2 Å². The second-order valence-corrected chi connectivity index (χ2v) is 6.37. The highest BCUT2D eigenvalue weighted by Gasteiger charge is 2.20. The van der Waals surface area contributed by atoms with Gasteiger partial charge in [0.1, 0.15) is 0 Å². The van der Waals surface area contributed by atoms with E-state index in [0.717, 1.165) is 12.0 Å². The molecule has 0 bridgehead atoms. The van der Waals surface area contributed by atoms with Crippen molar-refractivity contribution in [2.24, 2.45) is 5.92 Å². The third kappa shape index (κ3) is 7.31. The zero-order valence-corrected chi connectivity index (χ0v) is 13.6. The van der Waals surface area contributed by atoms with Crippen LogP contribution in [0.2, 0.25) is 0 Å². The van der Waals surface area contributed by atoms with Gasteiger partial charge in [0.2, 0.25) is 0 Å². The number of hydrogen-bond donors (Lipinski definition) is 1. The summed E-state index contributed by atoms with van der Waals surface area (Å²) in [6.45, 7) is 12.0. The van der Waals surface area contributed by atoms with Crippen LogP contribution in [0, 0.1) is 5.92 Å². The molecular weight excluding hydrogens is 232 g/mol. The van der Waals surface area contributed by atoms with Crippen molar-refractivity contribution in [3.8, 4) is 0 Å². The maximum Gasteiger partial charge on any atom is 0.0107 e. The van der Waals surface area contributed by atoms with Gasteiger partial charge in [-0.15, -0.1) is 0 Å². The molecule has 0 saturated heterocycles. The molecule has 0 aliphatic heterocycles. The van der Waals surface area contributed by atoms with E-state index in [-0.39, 0.29) is 0 Å². The van der Waals surface area contributed by atoms with Crippen LogP contribution >= 0.6 is 0 Å². The third-order valence-corrected chi connectivity index (χ3v) is 4.60. The number of unbranched alkanes of at least 4 members (excludes halogenated alkanes) is 2. The highest BCUT2D eigenvalue weighted by Crippen LogP contribution is 2.23. The molecule has 2 heteroatoms. The molecule has 2 atom stereocenters. The second kappa shape index (κ2) is 10.7. The maximum absolute atomic E-state index is 3.81. The Balaban J connectivity index is 2.18. The minimum absolute atomic E-state index is 0.785. The van der Waals surface area contributed by atoms with Crippen LogP contribution in [0.1, 0.15) is 72.1 Å². The van der Waals surface area contributed by atoms with E-state index in [0.29, 0.717) is 0 Å². The number of nitrogens with one attached hydrogen (secondary N) is 1. The predicted molar refractivity (Wildman–Crippen MR) is 85.7 cm³/mol. The molecule has 1 aliphatic rings. The van der Waals surface area contributed by atoms with Gasteiger partial charge in [-0.1, -0.05) is 46.5 Å². The Morgan fingerprint density at radius 1 is 0.947 bits per heavy atom. The van der Waals surface area contributed by atoms with E-state index >= 15 is 0 Å². The molecule has 0 aromatic heterocycles. The molecule has 0 amide bonds. The van der Waals surface area contributed by atoms with Crippen molar-refractivity contribution in [2.45, 2.75) is 78.2 Å². The van der Waals surface area contributed by atoms with Gasteiger partial charge in [-0.05, 0) is 44.7 Å². The summed E-state index contributed by atoms with van der Waals surface area (Å²) in [6.07, 6.45) is 11.0. The van der Waals surface area contributed by atoms with Crippen molar-refractivity contribution >= 4 is 0 Å². The van der Waals surface area contributed by atoms with Crippen molar-refractivity contribution in [2.75, 3.05) is 26.2 Å². The summed E-state index contributed by atoms with van der Waals surface area (Å²) in [5.41, 5.74) is 0. The van der Waals surface area contributed by atoms with Gasteiger partial charge >= 0.3 is 0 Å². The number of hydrogen-bond acceptors (Lipinski definition) is 2. The topological polar surface area (TPSA) is 15.3 Å². The Kier molecular flexibility index (Phi) is 9.54. The molecule has 0 aromatic carbocycles. The first-order valence-corrected chi connectivity index (χ1v) is 8.73. The molecule has 1 aliphatic carbocycles. The van der Waals surface area contributed by atoms with Crippen molar-refractivity contribution in [3.63, 3.8) is 0 Å². The minimum Gasteiger partial charge on any atom is -0.312 e. The Labute approximate surface area is 121 Å². The molecule has 0 heterocycles. The van der Waals surface area contributed by atoms with Crippen LogP contribution in [0.4, 0.5) is 0 Å². The van der Waals surface area contributed by atoms with E-state index < -0.39 is 0 Å². The zero-order valence-electron chi connectivity index (χ0n) is 13.6. The number of nitrogens with zero attached hydrogens (tertiary/aromatic N) is 1. The van der Waals surface area contributed by atoms with Gasteiger partial charge in [0.15, 0.2) is 0 Å². The van der Waals surface area contributed by atoms with Crippen molar-refractivity contribution < 1.29 is 0 Å². The molecule has 114 valence electrons. The molecule has 19 heavy (non-hydrogen) atoms. The summed E-state index contributed by atoms with van der Waals surface area (Å²) in [4.78, 5) is 2.66. The quantitative estimate of drug-likeness (QED) is 0.643. The Morgan fingerprint density at radius 3 is 2.16 bits per heavy atom. The third-order valence-electron chi connectivity index (χ3n) is 4.60. The van der Waals surface area contributed by atoms with E-state index in [1.54, 1.807) is 0 Å². The molecule has 0 aromatic rings. The summed E-state index contributed by atoms with van der Waals surface area (Å²) in [5.74, 6) is 0.883. The van der Waals surface area contributed by atoms with Gasteiger partial charge in [0.25, 0.3) is 0 Å². The van der Waals surface area contributed by atoms with E-state index in [1.165, 1.54) is 77.5 Å². The van der Waals surface area contributed by atoms with E-state index in [4.69, 9.17) is 0 Å².